The number of carbonyl (C=O) groups excluding carboxylic acids is 1. The molecule has 1 saturated heterocycles. The largest absolute Gasteiger partial charge is 0.494 e. The highest BCUT2D eigenvalue weighted by Gasteiger charge is 2.43. The van der Waals surface area contributed by atoms with Crippen molar-refractivity contribution in [2.24, 2.45) is 0 Å². The molecule has 1 fully saturated rings. The Hall–Kier alpha value is -3.12. The molecule has 6 heteroatoms. The van der Waals surface area contributed by atoms with Crippen LogP contribution >= 0.6 is 0 Å². The highest BCUT2D eigenvalue weighted by atomic mass is 16.5. The van der Waals surface area contributed by atoms with Crippen molar-refractivity contribution in [3.05, 3.63) is 75.6 Å². The van der Waals surface area contributed by atoms with Gasteiger partial charge in [0.05, 0.1) is 29.7 Å². The summed E-state index contributed by atoms with van der Waals surface area (Å²) in [4.78, 5) is 28.5. The molecule has 1 aromatic heterocycles. The molecule has 6 nitrogen and oxygen atoms in total. The first-order valence-electron chi connectivity index (χ1n) is 10.4. The quantitative estimate of drug-likeness (QED) is 0.644. The third kappa shape index (κ3) is 3.08. The topological polar surface area (TPSA) is 69.0 Å². The van der Waals surface area contributed by atoms with Crippen LogP contribution in [0.4, 0.5) is 0 Å². The molecule has 0 aliphatic carbocycles. The van der Waals surface area contributed by atoms with E-state index in [9.17, 15) is 9.59 Å². The van der Waals surface area contributed by atoms with E-state index >= 15 is 0 Å². The molecular weight excluding hydrogens is 382 g/mol. The number of hydrogen-bond donors (Lipinski definition) is 0. The summed E-state index contributed by atoms with van der Waals surface area (Å²) in [6, 6.07) is 14.1. The minimum atomic E-state index is -0.506. The fourth-order valence-corrected chi connectivity index (χ4v) is 4.42. The molecule has 5 rings (SSSR count). The lowest BCUT2D eigenvalue weighted by Crippen LogP contribution is -2.36. The van der Waals surface area contributed by atoms with Crippen molar-refractivity contribution in [3.8, 4) is 5.75 Å². The van der Waals surface area contributed by atoms with Gasteiger partial charge in [0, 0.05) is 13.2 Å². The molecule has 2 aliphatic heterocycles. The fraction of sp³-hybridized carbons (Fsp3) is 0.333. The van der Waals surface area contributed by atoms with Gasteiger partial charge in [-0.15, -0.1) is 0 Å². The highest BCUT2D eigenvalue weighted by molar-refractivity contribution is 5.99. The van der Waals surface area contributed by atoms with Crippen LogP contribution in [0.25, 0.3) is 11.0 Å². The maximum absolute atomic E-state index is 13.4. The van der Waals surface area contributed by atoms with E-state index in [-0.39, 0.29) is 23.2 Å². The van der Waals surface area contributed by atoms with Gasteiger partial charge in [0.1, 0.15) is 11.3 Å². The van der Waals surface area contributed by atoms with Crippen LogP contribution in [0.3, 0.4) is 0 Å². The summed E-state index contributed by atoms with van der Waals surface area (Å²) >= 11 is 0. The van der Waals surface area contributed by atoms with Gasteiger partial charge in [-0.25, -0.2) is 0 Å². The Labute approximate surface area is 174 Å². The van der Waals surface area contributed by atoms with Gasteiger partial charge in [0.2, 0.25) is 5.76 Å². The minimum Gasteiger partial charge on any atom is -0.494 e. The SMILES string of the molecule is CCOc1ccc(C2c3c(oc4ccccc4c3=O)C(=O)N2CC2CCCO2)cc1. The number of benzene rings is 2. The Balaban J connectivity index is 1.65. The number of amides is 1. The lowest BCUT2D eigenvalue weighted by molar-refractivity contribution is 0.0486. The Morgan fingerprint density at radius 2 is 1.90 bits per heavy atom. The second-order valence-electron chi connectivity index (χ2n) is 7.67. The molecule has 0 saturated carbocycles. The van der Waals surface area contributed by atoms with Crippen LogP contribution in [0.5, 0.6) is 5.75 Å². The fourth-order valence-electron chi connectivity index (χ4n) is 4.42. The Kier molecular flexibility index (Phi) is 4.79. The van der Waals surface area contributed by atoms with Crippen molar-refractivity contribution in [3.63, 3.8) is 0 Å². The van der Waals surface area contributed by atoms with Crippen LogP contribution in [0.1, 0.15) is 47.5 Å². The van der Waals surface area contributed by atoms with Crippen molar-refractivity contribution in [1.29, 1.82) is 0 Å². The number of hydrogen-bond acceptors (Lipinski definition) is 5. The second-order valence-corrected chi connectivity index (χ2v) is 7.67. The summed E-state index contributed by atoms with van der Waals surface area (Å²) < 4.78 is 17.3. The second kappa shape index (κ2) is 7.61. The van der Waals surface area contributed by atoms with E-state index < -0.39 is 6.04 Å². The van der Waals surface area contributed by atoms with E-state index in [1.165, 1.54) is 0 Å². The number of para-hydroxylation sites is 1. The van der Waals surface area contributed by atoms with Gasteiger partial charge < -0.3 is 18.8 Å². The smallest absolute Gasteiger partial charge is 0.291 e. The molecular formula is C24H23NO5. The summed E-state index contributed by atoms with van der Waals surface area (Å²) in [6.45, 7) is 3.63. The number of fused-ring (bicyclic) bond motifs is 2. The molecule has 0 bridgehead atoms. The number of ether oxygens (including phenoxy) is 2. The van der Waals surface area contributed by atoms with Crippen molar-refractivity contribution in [1.82, 2.24) is 4.90 Å². The summed E-state index contributed by atoms with van der Waals surface area (Å²) in [5, 5.41) is 0.485. The average molecular weight is 405 g/mol. The molecule has 3 heterocycles. The lowest BCUT2D eigenvalue weighted by Gasteiger charge is -2.27. The van der Waals surface area contributed by atoms with Crippen LogP contribution < -0.4 is 10.2 Å². The first-order valence-corrected chi connectivity index (χ1v) is 10.4. The zero-order valence-corrected chi connectivity index (χ0v) is 16.8. The van der Waals surface area contributed by atoms with Crippen molar-refractivity contribution in [2.75, 3.05) is 19.8 Å². The highest BCUT2D eigenvalue weighted by Crippen LogP contribution is 2.39. The normalized spacial score (nSPS) is 20.7. The molecule has 3 aromatic rings. The van der Waals surface area contributed by atoms with Crippen molar-refractivity contribution in [2.45, 2.75) is 31.9 Å². The predicted molar refractivity (Wildman–Crippen MR) is 112 cm³/mol. The van der Waals surface area contributed by atoms with Crippen LogP contribution in [-0.4, -0.2) is 36.7 Å². The van der Waals surface area contributed by atoms with Gasteiger partial charge in [-0.1, -0.05) is 24.3 Å². The predicted octanol–water partition coefficient (Wildman–Crippen LogP) is 3.92. The van der Waals surface area contributed by atoms with Crippen molar-refractivity contribution < 1.29 is 18.7 Å². The first kappa shape index (κ1) is 18.9. The van der Waals surface area contributed by atoms with E-state index in [1.54, 1.807) is 29.2 Å². The Morgan fingerprint density at radius 1 is 1.10 bits per heavy atom. The molecule has 2 unspecified atom stereocenters. The number of rotatable bonds is 5. The molecule has 0 spiro atoms. The molecule has 30 heavy (non-hydrogen) atoms. The van der Waals surface area contributed by atoms with E-state index in [4.69, 9.17) is 13.9 Å². The molecule has 2 aromatic carbocycles. The van der Waals surface area contributed by atoms with Crippen LogP contribution in [0, 0.1) is 0 Å². The van der Waals surface area contributed by atoms with Crippen LogP contribution in [0.2, 0.25) is 0 Å². The van der Waals surface area contributed by atoms with E-state index in [1.807, 2.05) is 31.2 Å². The van der Waals surface area contributed by atoms with Gasteiger partial charge in [-0.2, -0.15) is 0 Å². The molecule has 2 atom stereocenters. The Morgan fingerprint density at radius 3 is 2.63 bits per heavy atom. The maximum atomic E-state index is 13.4. The van der Waals surface area contributed by atoms with E-state index in [2.05, 4.69) is 0 Å². The molecule has 0 N–H and O–H groups in total. The zero-order chi connectivity index (χ0) is 20.7. The summed E-state index contributed by atoms with van der Waals surface area (Å²) in [7, 11) is 0. The van der Waals surface area contributed by atoms with Gasteiger partial charge >= 0.3 is 0 Å². The third-order valence-electron chi connectivity index (χ3n) is 5.80. The van der Waals surface area contributed by atoms with Gasteiger partial charge in [0.15, 0.2) is 5.43 Å². The third-order valence-corrected chi connectivity index (χ3v) is 5.80. The molecule has 1 amide bonds. The molecule has 0 radical (unpaired) electrons. The molecule has 2 aliphatic rings. The Bertz CT molecular complexity index is 1140. The van der Waals surface area contributed by atoms with E-state index in [0.29, 0.717) is 36.3 Å². The zero-order valence-electron chi connectivity index (χ0n) is 16.8. The maximum Gasteiger partial charge on any atom is 0.291 e. The minimum absolute atomic E-state index is 0.0296. The van der Waals surface area contributed by atoms with Crippen molar-refractivity contribution >= 4 is 16.9 Å². The standard InChI is InChI=1S/C24H23NO5/c1-2-28-16-11-9-15(10-12-16)21-20-22(26)18-7-3-4-8-19(18)30-23(20)24(27)25(21)14-17-6-5-13-29-17/h3-4,7-12,17,21H,2,5-6,13-14H2,1H3. The van der Waals surface area contributed by atoms with Gasteiger partial charge in [-0.3, -0.25) is 9.59 Å². The van der Waals surface area contributed by atoms with Crippen LogP contribution in [-0.2, 0) is 4.74 Å². The van der Waals surface area contributed by atoms with Crippen LogP contribution in [0.15, 0.2) is 57.7 Å². The first-order chi connectivity index (χ1) is 14.7. The lowest BCUT2D eigenvalue weighted by atomic mass is 9.98. The average Bonchev–Trinajstić information content (AvgIpc) is 3.37. The number of nitrogens with zero attached hydrogens (tertiary/aromatic N) is 1. The summed E-state index contributed by atoms with van der Waals surface area (Å²) in [6.07, 6.45) is 1.85. The number of carbonyl (C=O) groups is 1. The van der Waals surface area contributed by atoms with E-state index in [0.717, 1.165) is 24.2 Å². The van der Waals surface area contributed by atoms with Gasteiger partial charge in [0.25, 0.3) is 5.91 Å². The summed E-state index contributed by atoms with van der Waals surface area (Å²) in [5.41, 5.74) is 1.53. The van der Waals surface area contributed by atoms with Gasteiger partial charge in [-0.05, 0) is 49.6 Å². The summed E-state index contributed by atoms with van der Waals surface area (Å²) in [5.74, 6) is 0.625. The monoisotopic (exact) mass is 405 g/mol. The molecule has 154 valence electrons.